The van der Waals surface area contributed by atoms with E-state index in [0.717, 1.165) is 25.9 Å². The van der Waals surface area contributed by atoms with Crippen LogP contribution in [-0.4, -0.2) is 34.0 Å². The Kier molecular flexibility index (Phi) is 7.65. The maximum absolute atomic E-state index is 12.4. The van der Waals surface area contributed by atoms with Crippen molar-refractivity contribution in [2.24, 2.45) is 5.92 Å². The number of nitrogens with one attached hydrogen (secondary N) is 3. The molecule has 0 spiro atoms. The lowest BCUT2D eigenvalue weighted by molar-refractivity contribution is 0.0944. The highest BCUT2D eigenvalue weighted by Gasteiger charge is 2.17. The molecule has 8 heteroatoms. The molecule has 146 valence electrons. The van der Waals surface area contributed by atoms with Gasteiger partial charge in [-0.3, -0.25) is 9.52 Å². The minimum absolute atomic E-state index is 0. The van der Waals surface area contributed by atoms with E-state index < -0.39 is 10.0 Å². The van der Waals surface area contributed by atoms with Crippen LogP contribution in [0.15, 0.2) is 59.5 Å². The van der Waals surface area contributed by atoms with E-state index in [-0.39, 0.29) is 23.2 Å². The van der Waals surface area contributed by atoms with Gasteiger partial charge in [0.25, 0.3) is 15.9 Å². The Labute approximate surface area is 166 Å². The maximum atomic E-state index is 12.4. The summed E-state index contributed by atoms with van der Waals surface area (Å²) in [5.74, 6) is 0.262. The van der Waals surface area contributed by atoms with E-state index in [2.05, 4.69) is 15.4 Å². The molecule has 1 atom stereocenters. The van der Waals surface area contributed by atoms with Crippen molar-refractivity contribution in [1.82, 2.24) is 10.6 Å². The smallest absolute Gasteiger partial charge is 0.261 e. The normalized spacial score (nSPS) is 16.8. The van der Waals surface area contributed by atoms with Crippen molar-refractivity contribution in [3.63, 3.8) is 0 Å². The number of anilines is 1. The summed E-state index contributed by atoms with van der Waals surface area (Å²) in [6, 6.07) is 14.7. The third-order valence-electron chi connectivity index (χ3n) is 4.40. The maximum Gasteiger partial charge on any atom is 0.261 e. The molecule has 0 aliphatic carbocycles. The third kappa shape index (κ3) is 5.95. The number of piperidine rings is 1. The Hall–Kier alpha value is -2.09. The molecule has 3 rings (SSSR count). The average molecular weight is 410 g/mol. The first-order chi connectivity index (χ1) is 12.5. The summed E-state index contributed by atoms with van der Waals surface area (Å²) < 4.78 is 27.3. The van der Waals surface area contributed by atoms with Gasteiger partial charge in [-0.25, -0.2) is 8.42 Å². The van der Waals surface area contributed by atoms with Gasteiger partial charge >= 0.3 is 0 Å². The van der Waals surface area contributed by atoms with Gasteiger partial charge in [-0.1, -0.05) is 18.2 Å². The predicted octanol–water partition coefficient (Wildman–Crippen LogP) is 2.64. The van der Waals surface area contributed by atoms with Crippen LogP contribution < -0.4 is 15.4 Å². The molecule has 1 unspecified atom stereocenters. The molecule has 1 heterocycles. The quantitative estimate of drug-likeness (QED) is 0.684. The van der Waals surface area contributed by atoms with E-state index in [9.17, 15) is 13.2 Å². The number of hydrogen-bond acceptors (Lipinski definition) is 4. The Morgan fingerprint density at radius 3 is 2.41 bits per heavy atom. The second-order valence-electron chi connectivity index (χ2n) is 6.42. The number of halogens is 1. The number of carbonyl (C=O) groups is 1. The lowest BCUT2D eigenvalue weighted by Gasteiger charge is -2.22. The minimum Gasteiger partial charge on any atom is -0.352 e. The molecule has 3 N–H and O–H groups in total. The molecule has 0 saturated carbocycles. The number of benzene rings is 2. The largest absolute Gasteiger partial charge is 0.352 e. The van der Waals surface area contributed by atoms with Crippen LogP contribution in [0.5, 0.6) is 0 Å². The molecule has 2 aromatic carbocycles. The molecule has 6 nitrogen and oxygen atoms in total. The Balaban J connectivity index is 0.00000261. The number of sulfonamides is 1. The zero-order chi connectivity index (χ0) is 18.4. The van der Waals surface area contributed by atoms with E-state index in [0.29, 0.717) is 23.7 Å². The van der Waals surface area contributed by atoms with Crippen LogP contribution in [0.4, 0.5) is 5.69 Å². The van der Waals surface area contributed by atoms with Gasteiger partial charge in [0, 0.05) is 17.8 Å². The first-order valence-corrected chi connectivity index (χ1v) is 10.2. The van der Waals surface area contributed by atoms with Crippen molar-refractivity contribution >= 4 is 34.0 Å². The number of carbonyl (C=O) groups excluding carboxylic acids is 1. The third-order valence-corrected chi connectivity index (χ3v) is 5.80. The van der Waals surface area contributed by atoms with Gasteiger partial charge in [-0.05, 0) is 68.2 Å². The molecule has 0 radical (unpaired) electrons. The SMILES string of the molecule is Cl.O=C(NCC1CCCNC1)c1ccc(S(=O)(=O)Nc2ccccc2)cc1. The monoisotopic (exact) mass is 409 g/mol. The highest BCUT2D eigenvalue weighted by molar-refractivity contribution is 7.92. The first-order valence-electron chi connectivity index (χ1n) is 8.71. The molecule has 0 bridgehead atoms. The second kappa shape index (κ2) is 9.73. The average Bonchev–Trinajstić information content (AvgIpc) is 2.67. The zero-order valence-electron chi connectivity index (χ0n) is 14.9. The molecular weight excluding hydrogens is 386 g/mol. The first kappa shape index (κ1) is 21.2. The summed E-state index contributed by atoms with van der Waals surface area (Å²) >= 11 is 0. The van der Waals surface area contributed by atoms with E-state index in [1.54, 1.807) is 24.3 Å². The predicted molar refractivity (Wildman–Crippen MR) is 109 cm³/mol. The summed E-state index contributed by atoms with van der Waals surface area (Å²) in [7, 11) is -3.68. The van der Waals surface area contributed by atoms with Crippen LogP contribution in [0, 0.1) is 5.92 Å². The topological polar surface area (TPSA) is 87.3 Å². The van der Waals surface area contributed by atoms with Crippen LogP contribution in [-0.2, 0) is 10.0 Å². The van der Waals surface area contributed by atoms with Crippen molar-refractivity contribution in [3.05, 3.63) is 60.2 Å². The van der Waals surface area contributed by atoms with E-state index in [4.69, 9.17) is 0 Å². The minimum atomic E-state index is -3.68. The number of para-hydroxylation sites is 1. The fraction of sp³-hybridized carbons (Fsp3) is 0.316. The number of hydrogen-bond donors (Lipinski definition) is 3. The van der Waals surface area contributed by atoms with Gasteiger partial charge in [0.15, 0.2) is 0 Å². The summed E-state index contributed by atoms with van der Waals surface area (Å²) in [4.78, 5) is 12.4. The molecule has 2 aromatic rings. The van der Waals surface area contributed by atoms with Crippen LogP contribution in [0.25, 0.3) is 0 Å². The highest BCUT2D eigenvalue weighted by Crippen LogP contribution is 2.16. The zero-order valence-corrected chi connectivity index (χ0v) is 16.5. The second-order valence-corrected chi connectivity index (χ2v) is 8.10. The van der Waals surface area contributed by atoms with Crippen LogP contribution >= 0.6 is 12.4 Å². The number of rotatable bonds is 6. The van der Waals surface area contributed by atoms with Crippen molar-refractivity contribution < 1.29 is 13.2 Å². The highest BCUT2D eigenvalue weighted by atomic mass is 35.5. The molecule has 0 aromatic heterocycles. The Morgan fingerprint density at radius 2 is 1.78 bits per heavy atom. The van der Waals surface area contributed by atoms with E-state index >= 15 is 0 Å². The van der Waals surface area contributed by atoms with Gasteiger partial charge < -0.3 is 10.6 Å². The lowest BCUT2D eigenvalue weighted by Crippen LogP contribution is -2.38. The van der Waals surface area contributed by atoms with Gasteiger partial charge in [0.05, 0.1) is 4.90 Å². The van der Waals surface area contributed by atoms with E-state index in [1.807, 2.05) is 6.07 Å². The van der Waals surface area contributed by atoms with Crippen molar-refractivity contribution in [1.29, 1.82) is 0 Å². The molecule has 1 fully saturated rings. The Bertz CT molecular complexity index is 836. The van der Waals surface area contributed by atoms with Crippen LogP contribution in [0.3, 0.4) is 0 Å². The molecule has 1 amide bonds. The Morgan fingerprint density at radius 1 is 1.07 bits per heavy atom. The van der Waals surface area contributed by atoms with Crippen LogP contribution in [0.1, 0.15) is 23.2 Å². The summed E-state index contributed by atoms with van der Waals surface area (Å²) in [5.41, 5.74) is 0.947. The fourth-order valence-corrected chi connectivity index (χ4v) is 4.00. The van der Waals surface area contributed by atoms with Crippen LogP contribution in [0.2, 0.25) is 0 Å². The standard InChI is InChI=1S/C19H23N3O3S.ClH/c23-19(21-14-15-5-4-12-20-13-15)16-8-10-18(11-9-16)26(24,25)22-17-6-2-1-3-7-17;/h1-3,6-11,15,20,22H,4-5,12-14H2,(H,21,23);1H. The van der Waals surface area contributed by atoms with Gasteiger partial charge in [0.1, 0.15) is 0 Å². The summed E-state index contributed by atoms with van der Waals surface area (Å²) in [6.45, 7) is 2.58. The van der Waals surface area contributed by atoms with Crippen molar-refractivity contribution in [3.8, 4) is 0 Å². The van der Waals surface area contributed by atoms with E-state index in [1.165, 1.54) is 24.3 Å². The molecule has 27 heavy (non-hydrogen) atoms. The molecule has 1 aliphatic rings. The molecule has 1 aliphatic heterocycles. The van der Waals surface area contributed by atoms with Crippen molar-refractivity contribution in [2.45, 2.75) is 17.7 Å². The van der Waals surface area contributed by atoms with Gasteiger partial charge in [-0.2, -0.15) is 0 Å². The van der Waals surface area contributed by atoms with Crippen molar-refractivity contribution in [2.75, 3.05) is 24.4 Å². The lowest BCUT2D eigenvalue weighted by atomic mass is 10.00. The summed E-state index contributed by atoms with van der Waals surface area (Å²) in [5, 5.41) is 6.24. The van der Waals surface area contributed by atoms with Gasteiger partial charge in [0.2, 0.25) is 0 Å². The van der Waals surface area contributed by atoms with Gasteiger partial charge in [-0.15, -0.1) is 12.4 Å². The fourth-order valence-electron chi connectivity index (χ4n) is 2.94. The summed E-state index contributed by atoms with van der Waals surface area (Å²) in [6.07, 6.45) is 2.23. The molecular formula is C19H24ClN3O3S. The number of amides is 1. The molecule has 1 saturated heterocycles.